The number of hydrogen-bond donors (Lipinski definition) is 1. The summed E-state index contributed by atoms with van der Waals surface area (Å²) in [7, 11) is 0. The van der Waals surface area contributed by atoms with E-state index in [-0.39, 0.29) is 5.91 Å². The molecule has 1 aromatic carbocycles. The first-order valence-electron chi connectivity index (χ1n) is 8.14. The molecule has 0 saturated heterocycles. The van der Waals surface area contributed by atoms with Crippen LogP contribution in [0.15, 0.2) is 24.3 Å². The van der Waals surface area contributed by atoms with Gasteiger partial charge in [-0.2, -0.15) is 0 Å². The number of hydrogen-bond acceptors (Lipinski definition) is 4. The summed E-state index contributed by atoms with van der Waals surface area (Å²) in [5.41, 5.74) is 2.94. The Morgan fingerprint density at radius 1 is 1.17 bits per heavy atom. The van der Waals surface area contributed by atoms with Crippen LogP contribution in [0.4, 0.5) is 0 Å². The van der Waals surface area contributed by atoms with E-state index in [0.717, 1.165) is 22.2 Å². The van der Waals surface area contributed by atoms with Crippen LogP contribution < -0.4 is 5.32 Å². The zero-order valence-corrected chi connectivity index (χ0v) is 14.8. The molecule has 0 fully saturated rings. The van der Waals surface area contributed by atoms with Gasteiger partial charge in [-0.25, -0.2) is 4.79 Å². The average molecular weight is 328 g/mol. The third-order valence-corrected chi connectivity index (χ3v) is 3.65. The molecule has 1 unspecified atom stereocenters. The van der Waals surface area contributed by atoms with Gasteiger partial charge in [-0.1, -0.05) is 25.5 Å². The number of fused-ring (bicyclic) bond motifs is 1. The van der Waals surface area contributed by atoms with E-state index in [1.54, 1.807) is 13.0 Å². The largest absolute Gasteiger partial charge is 0.449 e. The number of carbonyl (C=O) groups is 2. The maximum Gasteiger partial charge on any atom is 0.339 e. The summed E-state index contributed by atoms with van der Waals surface area (Å²) < 4.78 is 5.35. The maximum atomic E-state index is 12.5. The lowest BCUT2D eigenvalue weighted by molar-refractivity contribution is -0.129. The summed E-state index contributed by atoms with van der Waals surface area (Å²) in [6.45, 7) is 9.92. The van der Waals surface area contributed by atoms with Crippen LogP contribution in [0.1, 0.15) is 42.4 Å². The number of pyridine rings is 1. The molecule has 2 aromatic rings. The molecule has 0 radical (unpaired) electrons. The molecule has 24 heavy (non-hydrogen) atoms. The fraction of sp³-hybridized carbons (Fsp3) is 0.421. The van der Waals surface area contributed by atoms with Crippen molar-refractivity contribution in [3.63, 3.8) is 0 Å². The zero-order chi connectivity index (χ0) is 17.9. The van der Waals surface area contributed by atoms with Crippen molar-refractivity contribution in [1.29, 1.82) is 0 Å². The number of rotatable bonds is 5. The van der Waals surface area contributed by atoms with E-state index in [1.165, 1.54) is 0 Å². The molecule has 0 bridgehead atoms. The van der Waals surface area contributed by atoms with Crippen LogP contribution in [0.5, 0.6) is 0 Å². The summed E-state index contributed by atoms with van der Waals surface area (Å²) >= 11 is 0. The van der Waals surface area contributed by atoms with Crippen molar-refractivity contribution < 1.29 is 14.3 Å². The number of aromatic nitrogens is 1. The summed E-state index contributed by atoms with van der Waals surface area (Å²) in [6, 6.07) is 7.43. The molecular weight excluding hydrogens is 304 g/mol. The number of nitrogens with one attached hydrogen (secondary N) is 1. The number of nitrogens with zero attached hydrogens (tertiary/aromatic N) is 1. The quantitative estimate of drug-likeness (QED) is 0.856. The van der Waals surface area contributed by atoms with Crippen LogP contribution in [0.2, 0.25) is 0 Å². The summed E-state index contributed by atoms with van der Waals surface area (Å²) in [5, 5.41) is 3.50. The van der Waals surface area contributed by atoms with Crippen LogP contribution in [0, 0.1) is 19.8 Å². The highest BCUT2D eigenvalue weighted by molar-refractivity contribution is 6.04. The molecule has 5 nitrogen and oxygen atoms in total. The zero-order valence-electron chi connectivity index (χ0n) is 14.8. The monoisotopic (exact) mass is 328 g/mol. The van der Waals surface area contributed by atoms with Gasteiger partial charge < -0.3 is 10.1 Å². The van der Waals surface area contributed by atoms with E-state index in [0.29, 0.717) is 18.0 Å². The predicted molar refractivity (Wildman–Crippen MR) is 93.9 cm³/mol. The van der Waals surface area contributed by atoms with Gasteiger partial charge in [0.2, 0.25) is 0 Å². The standard InChI is InChI=1S/C19H24N2O3/c1-11(2)10-20-18(22)14(5)24-19(23)16-9-13(4)21-17-7-6-12(3)8-15(16)17/h6-9,11,14H,10H2,1-5H3,(H,20,22). The predicted octanol–water partition coefficient (Wildman–Crippen LogP) is 3.17. The summed E-state index contributed by atoms with van der Waals surface area (Å²) in [4.78, 5) is 29.0. The second-order valence-electron chi connectivity index (χ2n) is 6.52. The van der Waals surface area contributed by atoms with Crippen molar-refractivity contribution in [2.45, 2.75) is 40.7 Å². The van der Waals surface area contributed by atoms with Gasteiger partial charge in [0, 0.05) is 17.6 Å². The minimum absolute atomic E-state index is 0.289. The molecule has 1 N–H and O–H groups in total. The molecule has 5 heteroatoms. The fourth-order valence-corrected chi connectivity index (χ4v) is 2.37. The molecule has 0 aliphatic rings. The van der Waals surface area contributed by atoms with Crippen LogP contribution in [0.3, 0.4) is 0 Å². The lowest BCUT2D eigenvalue weighted by Crippen LogP contribution is -2.37. The van der Waals surface area contributed by atoms with Crippen molar-refractivity contribution in [3.05, 3.63) is 41.1 Å². The Kier molecular flexibility index (Phi) is 5.54. The lowest BCUT2D eigenvalue weighted by atomic mass is 10.1. The van der Waals surface area contributed by atoms with Crippen molar-refractivity contribution in [2.24, 2.45) is 5.92 Å². The Balaban J connectivity index is 2.22. The minimum atomic E-state index is -0.843. The third kappa shape index (κ3) is 4.31. The average Bonchev–Trinajstić information content (AvgIpc) is 2.51. The Hall–Kier alpha value is -2.43. The van der Waals surface area contributed by atoms with E-state index < -0.39 is 12.1 Å². The topological polar surface area (TPSA) is 68.3 Å². The highest BCUT2D eigenvalue weighted by atomic mass is 16.5. The number of ether oxygens (including phenoxy) is 1. The first kappa shape index (κ1) is 17.9. The maximum absolute atomic E-state index is 12.5. The molecule has 0 aliphatic carbocycles. The van der Waals surface area contributed by atoms with Gasteiger partial charge in [-0.15, -0.1) is 0 Å². The van der Waals surface area contributed by atoms with Crippen molar-refractivity contribution in [2.75, 3.05) is 6.54 Å². The Bertz CT molecular complexity index is 769. The van der Waals surface area contributed by atoms with Crippen molar-refractivity contribution >= 4 is 22.8 Å². The third-order valence-electron chi connectivity index (χ3n) is 3.65. The van der Waals surface area contributed by atoms with Gasteiger partial charge in [0.1, 0.15) is 0 Å². The first-order chi connectivity index (χ1) is 11.3. The number of carbonyl (C=O) groups excluding carboxylic acids is 2. The molecule has 2 rings (SSSR count). The highest BCUT2D eigenvalue weighted by Crippen LogP contribution is 2.21. The molecule has 1 amide bonds. The molecule has 0 saturated carbocycles. The van der Waals surface area contributed by atoms with Crippen LogP contribution >= 0.6 is 0 Å². The molecule has 0 spiro atoms. The van der Waals surface area contributed by atoms with E-state index in [1.807, 2.05) is 45.9 Å². The van der Waals surface area contributed by atoms with Gasteiger partial charge in [-0.05, 0) is 44.9 Å². The van der Waals surface area contributed by atoms with E-state index in [2.05, 4.69) is 10.3 Å². The van der Waals surface area contributed by atoms with Crippen LogP contribution in [-0.4, -0.2) is 29.5 Å². The Morgan fingerprint density at radius 2 is 1.88 bits per heavy atom. The SMILES string of the molecule is Cc1ccc2nc(C)cc(C(=O)OC(C)C(=O)NCC(C)C)c2c1. The highest BCUT2D eigenvalue weighted by Gasteiger charge is 2.21. The first-order valence-corrected chi connectivity index (χ1v) is 8.14. The van der Waals surface area contributed by atoms with E-state index >= 15 is 0 Å². The number of benzene rings is 1. The lowest BCUT2D eigenvalue weighted by Gasteiger charge is -2.15. The van der Waals surface area contributed by atoms with E-state index in [4.69, 9.17) is 4.74 Å². The summed E-state index contributed by atoms with van der Waals surface area (Å²) in [5.74, 6) is -0.460. The molecule has 1 atom stereocenters. The summed E-state index contributed by atoms with van der Waals surface area (Å²) in [6.07, 6.45) is -0.843. The second-order valence-corrected chi connectivity index (χ2v) is 6.52. The van der Waals surface area contributed by atoms with Gasteiger partial charge >= 0.3 is 5.97 Å². The van der Waals surface area contributed by atoms with Crippen molar-refractivity contribution in [1.82, 2.24) is 10.3 Å². The Labute approximate surface area is 142 Å². The molecule has 1 heterocycles. The minimum Gasteiger partial charge on any atom is -0.449 e. The molecular formula is C19H24N2O3. The number of amides is 1. The van der Waals surface area contributed by atoms with E-state index in [9.17, 15) is 9.59 Å². The molecule has 1 aromatic heterocycles. The van der Waals surface area contributed by atoms with Gasteiger partial charge in [0.05, 0.1) is 11.1 Å². The Morgan fingerprint density at radius 3 is 2.54 bits per heavy atom. The van der Waals surface area contributed by atoms with Gasteiger partial charge in [-0.3, -0.25) is 9.78 Å². The van der Waals surface area contributed by atoms with Crippen molar-refractivity contribution in [3.8, 4) is 0 Å². The molecule has 128 valence electrons. The van der Waals surface area contributed by atoms with Gasteiger partial charge in [0.15, 0.2) is 6.10 Å². The molecule has 0 aliphatic heterocycles. The number of esters is 1. The smallest absolute Gasteiger partial charge is 0.339 e. The van der Waals surface area contributed by atoms with Crippen LogP contribution in [-0.2, 0) is 9.53 Å². The van der Waals surface area contributed by atoms with Crippen LogP contribution in [0.25, 0.3) is 10.9 Å². The fourth-order valence-electron chi connectivity index (χ4n) is 2.37. The second kappa shape index (κ2) is 7.43. The normalized spacial score (nSPS) is 12.2. The number of aryl methyl sites for hydroxylation is 2. The van der Waals surface area contributed by atoms with Gasteiger partial charge in [0.25, 0.3) is 5.91 Å².